The monoisotopic (exact) mass is 402 g/mol. The molecule has 4 rings (SSSR count). The maximum absolute atomic E-state index is 12.6. The van der Waals surface area contributed by atoms with E-state index in [2.05, 4.69) is 5.32 Å². The summed E-state index contributed by atoms with van der Waals surface area (Å²) in [5, 5.41) is 2.85. The topological polar surface area (TPSA) is 49.4 Å². The highest BCUT2D eigenvalue weighted by atomic mass is 32.2. The van der Waals surface area contributed by atoms with Gasteiger partial charge in [-0.1, -0.05) is 42.0 Å². The third kappa shape index (κ3) is 4.20. The predicted octanol–water partition coefficient (Wildman–Crippen LogP) is 5.33. The maximum Gasteiger partial charge on any atom is 0.255 e. The summed E-state index contributed by atoms with van der Waals surface area (Å²) in [4.78, 5) is 27.0. The molecule has 0 bridgehead atoms. The van der Waals surface area contributed by atoms with Crippen LogP contribution >= 0.6 is 11.8 Å². The number of benzene rings is 3. The summed E-state index contributed by atoms with van der Waals surface area (Å²) in [6.45, 7) is 4.01. The van der Waals surface area contributed by atoms with Crippen molar-refractivity contribution in [2.24, 2.45) is 0 Å². The molecule has 5 heteroatoms. The van der Waals surface area contributed by atoms with E-state index in [9.17, 15) is 9.59 Å². The van der Waals surface area contributed by atoms with Gasteiger partial charge in [-0.2, -0.15) is 0 Å². The van der Waals surface area contributed by atoms with E-state index >= 15 is 0 Å². The van der Waals surface area contributed by atoms with Crippen LogP contribution in [-0.4, -0.2) is 17.6 Å². The number of amides is 2. The minimum Gasteiger partial charge on any atom is -0.322 e. The van der Waals surface area contributed by atoms with E-state index in [1.54, 1.807) is 11.8 Å². The largest absolute Gasteiger partial charge is 0.322 e. The fourth-order valence-corrected chi connectivity index (χ4v) is 4.57. The molecule has 3 aromatic carbocycles. The van der Waals surface area contributed by atoms with Gasteiger partial charge in [0.25, 0.3) is 5.91 Å². The molecule has 1 unspecified atom stereocenters. The second-order valence-electron chi connectivity index (χ2n) is 7.21. The average Bonchev–Trinajstić information content (AvgIpc) is 3.10. The number of nitrogens with one attached hydrogen (secondary N) is 1. The van der Waals surface area contributed by atoms with Crippen molar-refractivity contribution in [1.29, 1.82) is 0 Å². The second kappa shape index (κ2) is 8.13. The SMILES string of the molecule is Cc1ccc(C(=O)Nc2cccc(C3SCC(=O)N3c3cccc(C)c3)c2)cc1. The van der Waals surface area contributed by atoms with Gasteiger partial charge in [0.15, 0.2) is 0 Å². The molecule has 1 saturated heterocycles. The highest BCUT2D eigenvalue weighted by Gasteiger charge is 2.34. The van der Waals surface area contributed by atoms with Crippen LogP contribution in [0.2, 0.25) is 0 Å². The highest BCUT2D eigenvalue weighted by Crippen LogP contribution is 2.42. The Kier molecular flexibility index (Phi) is 5.41. The van der Waals surface area contributed by atoms with Crippen LogP contribution in [0.15, 0.2) is 72.8 Å². The van der Waals surface area contributed by atoms with Crippen LogP contribution in [0.1, 0.15) is 32.4 Å². The zero-order valence-electron chi connectivity index (χ0n) is 16.4. The van der Waals surface area contributed by atoms with Gasteiger partial charge >= 0.3 is 0 Å². The Morgan fingerprint density at radius 3 is 2.48 bits per heavy atom. The lowest BCUT2D eigenvalue weighted by Gasteiger charge is -2.25. The van der Waals surface area contributed by atoms with Crippen LogP contribution in [0, 0.1) is 13.8 Å². The van der Waals surface area contributed by atoms with Crippen molar-refractivity contribution in [3.63, 3.8) is 0 Å². The van der Waals surface area contributed by atoms with Crippen molar-refractivity contribution in [3.8, 4) is 0 Å². The molecular weight excluding hydrogens is 380 g/mol. The Hall–Kier alpha value is -3.05. The number of hydrogen-bond acceptors (Lipinski definition) is 3. The third-order valence-corrected chi connectivity index (χ3v) is 6.10. The first kappa shape index (κ1) is 19.3. The van der Waals surface area contributed by atoms with E-state index in [0.717, 1.165) is 28.1 Å². The molecule has 4 nitrogen and oxygen atoms in total. The van der Waals surface area contributed by atoms with Crippen LogP contribution in [0.3, 0.4) is 0 Å². The molecular formula is C24H22N2O2S. The van der Waals surface area contributed by atoms with Crippen molar-refractivity contribution in [2.75, 3.05) is 16.0 Å². The standard InChI is InChI=1S/C24H22N2O2S/c1-16-9-11-18(12-10-16)23(28)25-20-7-4-6-19(14-20)24-26(22(27)15-29-24)21-8-3-5-17(2)13-21/h3-14,24H,15H2,1-2H3,(H,25,28). The van der Waals surface area contributed by atoms with E-state index in [0.29, 0.717) is 11.3 Å². The molecule has 1 heterocycles. The quantitative estimate of drug-likeness (QED) is 0.641. The third-order valence-electron chi connectivity index (χ3n) is 4.89. The van der Waals surface area contributed by atoms with Crippen molar-refractivity contribution in [1.82, 2.24) is 0 Å². The van der Waals surface area contributed by atoms with Crippen molar-refractivity contribution >= 4 is 35.0 Å². The van der Waals surface area contributed by atoms with Crippen LogP contribution in [0.4, 0.5) is 11.4 Å². The van der Waals surface area contributed by atoms with Gasteiger partial charge in [-0.3, -0.25) is 14.5 Å². The molecule has 1 atom stereocenters. The lowest BCUT2D eigenvalue weighted by Crippen LogP contribution is -2.27. The van der Waals surface area contributed by atoms with Gasteiger partial charge in [0.05, 0.1) is 5.75 Å². The minimum absolute atomic E-state index is 0.0969. The first-order valence-corrected chi connectivity index (χ1v) is 10.5. The number of carbonyl (C=O) groups is 2. The van der Waals surface area contributed by atoms with Crippen molar-refractivity contribution in [2.45, 2.75) is 19.2 Å². The van der Waals surface area contributed by atoms with Crippen molar-refractivity contribution in [3.05, 3.63) is 95.1 Å². The molecule has 1 aliphatic rings. The molecule has 3 aromatic rings. The fraction of sp³-hybridized carbons (Fsp3) is 0.167. The van der Waals surface area contributed by atoms with E-state index in [4.69, 9.17) is 0 Å². The van der Waals surface area contributed by atoms with Crippen LogP contribution in [0.5, 0.6) is 0 Å². The van der Waals surface area contributed by atoms with Gasteiger partial charge in [-0.05, 0) is 61.4 Å². The average molecular weight is 403 g/mol. The fourth-order valence-electron chi connectivity index (χ4n) is 3.41. The summed E-state index contributed by atoms with van der Waals surface area (Å²) in [6, 6.07) is 23.2. The van der Waals surface area contributed by atoms with E-state index < -0.39 is 0 Å². The normalized spacial score (nSPS) is 16.1. The summed E-state index contributed by atoms with van der Waals surface area (Å²) < 4.78 is 0. The Balaban J connectivity index is 1.58. The Labute approximate surface area is 174 Å². The number of thioether (sulfide) groups is 1. The lowest BCUT2D eigenvalue weighted by molar-refractivity contribution is -0.115. The highest BCUT2D eigenvalue weighted by molar-refractivity contribution is 8.00. The number of hydrogen-bond donors (Lipinski definition) is 1. The number of rotatable bonds is 4. The van der Waals surface area contributed by atoms with E-state index in [1.807, 2.05) is 91.5 Å². The summed E-state index contributed by atoms with van der Waals surface area (Å²) >= 11 is 1.60. The van der Waals surface area contributed by atoms with Gasteiger partial charge < -0.3 is 5.32 Å². The summed E-state index contributed by atoms with van der Waals surface area (Å²) in [5.41, 5.74) is 5.46. The molecule has 2 amide bonds. The van der Waals surface area contributed by atoms with Gasteiger partial charge in [-0.25, -0.2) is 0 Å². The molecule has 0 aliphatic carbocycles. The smallest absolute Gasteiger partial charge is 0.255 e. The zero-order valence-corrected chi connectivity index (χ0v) is 17.2. The van der Waals surface area contributed by atoms with E-state index in [-0.39, 0.29) is 17.2 Å². The lowest BCUT2D eigenvalue weighted by atomic mass is 10.1. The van der Waals surface area contributed by atoms with E-state index in [1.165, 1.54) is 0 Å². The Morgan fingerprint density at radius 2 is 1.72 bits per heavy atom. The minimum atomic E-state index is -0.146. The zero-order chi connectivity index (χ0) is 20.4. The predicted molar refractivity (Wildman–Crippen MR) is 119 cm³/mol. The molecule has 1 N–H and O–H groups in total. The summed E-state index contributed by atoms with van der Waals surface area (Å²) in [6.07, 6.45) is 0. The van der Waals surface area contributed by atoms with Crippen LogP contribution in [-0.2, 0) is 4.79 Å². The first-order chi connectivity index (χ1) is 14.0. The molecule has 0 spiro atoms. The van der Waals surface area contributed by atoms with Gasteiger partial charge in [0.2, 0.25) is 5.91 Å². The van der Waals surface area contributed by atoms with Crippen LogP contribution < -0.4 is 10.2 Å². The number of aryl methyl sites for hydroxylation is 2. The number of nitrogens with zero attached hydrogens (tertiary/aromatic N) is 1. The molecule has 1 fully saturated rings. The maximum atomic E-state index is 12.6. The Bertz CT molecular complexity index is 1060. The molecule has 1 aliphatic heterocycles. The second-order valence-corrected chi connectivity index (χ2v) is 8.28. The summed E-state index contributed by atoms with van der Waals surface area (Å²) in [5.74, 6) is 0.394. The Morgan fingerprint density at radius 1 is 0.966 bits per heavy atom. The molecule has 29 heavy (non-hydrogen) atoms. The van der Waals surface area contributed by atoms with Gasteiger partial charge in [0.1, 0.15) is 5.37 Å². The van der Waals surface area contributed by atoms with Gasteiger partial charge in [0, 0.05) is 16.9 Å². The molecule has 146 valence electrons. The van der Waals surface area contributed by atoms with Crippen LogP contribution in [0.25, 0.3) is 0 Å². The van der Waals surface area contributed by atoms with Crippen molar-refractivity contribution < 1.29 is 9.59 Å². The molecule has 0 aromatic heterocycles. The summed E-state index contributed by atoms with van der Waals surface area (Å²) in [7, 11) is 0. The number of anilines is 2. The first-order valence-electron chi connectivity index (χ1n) is 9.49. The number of carbonyl (C=O) groups excluding carboxylic acids is 2. The molecule has 0 radical (unpaired) electrons. The molecule has 0 saturated carbocycles. The van der Waals surface area contributed by atoms with Gasteiger partial charge in [-0.15, -0.1) is 11.8 Å².